The molecule has 0 bridgehead atoms. The van der Waals surface area contributed by atoms with Crippen LogP contribution in [0, 0.1) is 0 Å². The number of anilines is 1. The highest BCUT2D eigenvalue weighted by Gasteiger charge is 2.46. The molecule has 21 heavy (non-hydrogen) atoms. The van der Waals surface area contributed by atoms with Crippen molar-refractivity contribution in [3.05, 3.63) is 16.7 Å². The van der Waals surface area contributed by atoms with Crippen LogP contribution in [0.2, 0.25) is 0 Å². The molecule has 1 aliphatic heterocycles. The summed E-state index contributed by atoms with van der Waals surface area (Å²) in [7, 11) is 0. The van der Waals surface area contributed by atoms with E-state index in [-0.39, 0.29) is 17.1 Å². The second kappa shape index (κ2) is 5.24. The number of aromatic nitrogens is 4. The van der Waals surface area contributed by atoms with Gasteiger partial charge in [-0.3, -0.25) is 18.6 Å². The van der Waals surface area contributed by atoms with Crippen LogP contribution < -0.4 is 11.3 Å². The van der Waals surface area contributed by atoms with Gasteiger partial charge < -0.3 is 20.7 Å². The summed E-state index contributed by atoms with van der Waals surface area (Å²) in [5.74, 6) is -0.0881. The molecule has 2 aromatic rings. The molecule has 4 atom stereocenters. The number of aliphatic hydroxyl groups is 2. The van der Waals surface area contributed by atoms with Gasteiger partial charge in [-0.2, -0.15) is 4.98 Å². The molecule has 5 N–H and O–H groups in total. The highest BCUT2D eigenvalue weighted by atomic mass is 35.5. The van der Waals surface area contributed by atoms with Gasteiger partial charge in [0.15, 0.2) is 23.5 Å². The lowest BCUT2D eigenvalue weighted by atomic mass is 10.1. The highest BCUT2D eigenvalue weighted by Crippen LogP contribution is 2.33. The zero-order chi connectivity index (χ0) is 15.1. The predicted octanol–water partition coefficient (Wildman–Crippen LogP) is -1.51. The normalized spacial score (nSPS) is 29.3. The van der Waals surface area contributed by atoms with Crippen molar-refractivity contribution in [3.63, 3.8) is 0 Å². The molecule has 1 fully saturated rings. The first-order valence-corrected chi connectivity index (χ1v) is 6.31. The first-order chi connectivity index (χ1) is 10.1. The molecule has 3 heterocycles. The van der Waals surface area contributed by atoms with Crippen LogP contribution in [0.15, 0.2) is 11.1 Å². The molecule has 2 aromatic heterocycles. The van der Waals surface area contributed by atoms with Crippen molar-refractivity contribution >= 4 is 29.0 Å². The lowest BCUT2D eigenvalue weighted by Crippen LogP contribution is -2.33. The van der Waals surface area contributed by atoms with Crippen LogP contribution in [0.3, 0.4) is 0 Å². The summed E-state index contributed by atoms with van der Waals surface area (Å²) in [5, 5.41) is 19.1. The summed E-state index contributed by atoms with van der Waals surface area (Å²) in [6.45, 7) is -0.419. The van der Waals surface area contributed by atoms with E-state index in [2.05, 4.69) is 15.0 Å². The molecule has 11 heteroatoms. The van der Waals surface area contributed by atoms with Gasteiger partial charge in [-0.25, -0.2) is 4.98 Å². The zero-order valence-electron chi connectivity index (χ0n) is 10.5. The quantitative estimate of drug-likeness (QED) is 0.534. The largest absolute Gasteiger partial charge is 0.394 e. The summed E-state index contributed by atoms with van der Waals surface area (Å²) in [6, 6.07) is 0. The first-order valence-electron chi connectivity index (χ1n) is 6.01. The standard InChI is InChI=1S/C10H12ClN5O5/c11-21-6-5(18)3(1-17)20-9(6)16-2-13-4-7(16)14-10(12)15-8(4)19/h2-3,5-6,9,17-18H,1H2,(H3,12,14,15,19)/t3-,5?,6?,9-/m1/s1. The van der Waals surface area contributed by atoms with E-state index in [0.29, 0.717) is 0 Å². The maximum Gasteiger partial charge on any atom is 0.280 e. The Bertz CT molecular complexity index is 717. The van der Waals surface area contributed by atoms with E-state index < -0.39 is 36.7 Å². The summed E-state index contributed by atoms with van der Waals surface area (Å²) >= 11 is 5.38. The van der Waals surface area contributed by atoms with E-state index >= 15 is 0 Å². The summed E-state index contributed by atoms with van der Waals surface area (Å²) < 4.78 is 11.5. The van der Waals surface area contributed by atoms with E-state index in [1.54, 1.807) is 0 Å². The smallest absolute Gasteiger partial charge is 0.280 e. The maximum absolute atomic E-state index is 11.7. The van der Waals surface area contributed by atoms with Crippen LogP contribution in [0.4, 0.5) is 5.95 Å². The van der Waals surface area contributed by atoms with Crippen LogP contribution in [0.1, 0.15) is 6.23 Å². The van der Waals surface area contributed by atoms with Gasteiger partial charge in [-0.05, 0) is 0 Å². The lowest BCUT2D eigenvalue weighted by molar-refractivity contribution is -0.0482. The molecule has 0 amide bonds. The molecular formula is C10H12ClN5O5. The van der Waals surface area contributed by atoms with Gasteiger partial charge in [0, 0.05) is 0 Å². The highest BCUT2D eigenvalue weighted by molar-refractivity contribution is 6.07. The number of aliphatic hydroxyl groups excluding tert-OH is 2. The van der Waals surface area contributed by atoms with Crippen molar-refractivity contribution in [2.24, 2.45) is 0 Å². The SMILES string of the molecule is Nc1nc2c(ncn2[C@@H]2O[C@H](CO)C(O)C2OCl)c(=O)[nH]1. The van der Waals surface area contributed by atoms with Crippen LogP contribution in [-0.4, -0.2) is 54.7 Å². The number of nitrogens with one attached hydrogen (secondary N) is 1. The van der Waals surface area contributed by atoms with E-state index in [1.165, 1.54) is 10.9 Å². The third-order valence-corrected chi connectivity index (χ3v) is 3.53. The number of hydrogen-bond donors (Lipinski definition) is 4. The fraction of sp³-hybridized carbons (Fsp3) is 0.500. The Morgan fingerprint density at radius 3 is 3.05 bits per heavy atom. The minimum atomic E-state index is -1.14. The number of nitrogen functional groups attached to an aromatic ring is 1. The molecule has 0 aliphatic carbocycles. The summed E-state index contributed by atoms with van der Waals surface area (Å²) in [6.07, 6.45) is -2.60. The second-order valence-corrected chi connectivity index (χ2v) is 4.75. The molecule has 1 aliphatic rings. The molecular weight excluding hydrogens is 306 g/mol. The molecule has 0 radical (unpaired) electrons. The molecule has 10 nitrogen and oxygen atoms in total. The number of rotatable bonds is 3. The number of nitrogens with two attached hydrogens (primary N) is 1. The number of imidazole rings is 1. The Hall–Kier alpha value is -1.72. The molecule has 2 unspecified atom stereocenters. The topological polar surface area (TPSA) is 149 Å². The minimum absolute atomic E-state index is 0.0584. The Kier molecular flexibility index (Phi) is 3.55. The third kappa shape index (κ3) is 2.17. The van der Waals surface area contributed by atoms with Gasteiger partial charge in [-0.15, -0.1) is 0 Å². The number of hydrogen-bond acceptors (Lipinski definition) is 8. The monoisotopic (exact) mass is 317 g/mol. The Morgan fingerprint density at radius 2 is 2.38 bits per heavy atom. The number of H-pyrrole nitrogens is 1. The minimum Gasteiger partial charge on any atom is -0.394 e. The van der Waals surface area contributed by atoms with Crippen molar-refractivity contribution in [2.45, 2.75) is 24.5 Å². The third-order valence-electron chi connectivity index (χ3n) is 3.32. The second-order valence-electron chi connectivity index (χ2n) is 4.57. The fourth-order valence-electron chi connectivity index (χ4n) is 2.32. The molecule has 0 saturated carbocycles. The van der Waals surface area contributed by atoms with Crippen molar-refractivity contribution in [1.29, 1.82) is 0 Å². The van der Waals surface area contributed by atoms with Crippen molar-refractivity contribution in [3.8, 4) is 0 Å². The van der Waals surface area contributed by atoms with E-state index in [1.807, 2.05) is 0 Å². The molecule has 3 rings (SSSR count). The van der Waals surface area contributed by atoms with E-state index in [0.717, 1.165) is 0 Å². The van der Waals surface area contributed by atoms with Gasteiger partial charge in [-0.1, -0.05) is 0 Å². The van der Waals surface area contributed by atoms with Gasteiger partial charge in [0.25, 0.3) is 5.56 Å². The van der Waals surface area contributed by atoms with Gasteiger partial charge in [0.2, 0.25) is 5.95 Å². The Balaban J connectivity index is 2.10. The van der Waals surface area contributed by atoms with Gasteiger partial charge in [0.1, 0.15) is 12.2 Å². The molecule has 0 spiro atoms. The Labute approximate surface area is 122 Å². The zero-order valence-corrected chi connectivity index (χ0v) is 11.3. The first kappa shape index (κ1) is 14.2. The van der Waals surface area contributed by atoms with Crippen LogP contribution in [0.5, 0.6) is 0 Å². The van der Waals surface area contributed by atoms with Gasteiger partial charge in [0.05, 0.1) is 24.8 Å². The number of fused-ring (bicyclic) bond motifs is 1. The predicted molar refractivity (Wildman–Crippen MR) is 70.3 cm³/mol. The van der Waals surface area contributed by atoms with Crippen LogP contribution in [-0.2, 0) is 9.03 Å². The lowest BCUT2D eigenvalue weighted by Gasteiger charge is -2.18. The maximum atomic E-state index is 11.7. The average molecular weight is 318 g/mol. The Morgan fingerprint density at radius 1 is 1.62 bits per heavy atom. The summed E-state index contributed by atoms with van der Waals surface area (Å²) in [4.78, 5) is 22.0. The summed E-state index contributed by atoms with van der Waals surface area (Å²) in [5.41, 5.74) is 5.22. The number of halogens is 1. The molecule has 0 aromatic carbocycles. The number of nitrogens with zero attached hydrogens (tertiary/aromatic N) is 3. The van der Waals surface area contributed by atoms with Crippen LogP contribution in [0.25, 0.3) is 11.2 Å². The molecule has 114 valence electrons. The fourth-order valence-corrected chi connectivity index (χ4v) is 2.51. The van der Waals surface area contributed by atoms with Gasteiger partial charge >= 0.3 is 0 Å². The number of aromatic amines is 1. The number of ether oxygens (including phenoxy) is 1. The van der Waals surface area contributed by atoms with E-state index in [4.69, 9.17) is 31.7 Å². The van der Waals surface area contributed by atoms with Crippen molar-refractivity contribution < 1.29 is 19.2 Å². The average Bonchev–Trinajstić information content (AvgIpc) is 2.99. The molecule has 1 saturated heterocycles. The van der Waals surface area contributed by atoms with Crippen molar-refractivity contribution in [1.82, 2.24) is 19.5 Å². The van der Waals surface area contributed by atoms with E-state index in [9.17, 15) is 9.90 Å². The van der Waals surface area contributed by atoms with Crippen LogP contribution >= 0.6 is 11.9 Å². The van der Waals surface area contributed by atoms with Crippen molar-refractivity contribution in [2.75, 3.05) is 12.3 Å².